The second-order valence-electron chi connectivity index (χ2n) is 2.93. The summed E-state index contributed by atoms with van der Waals surface area (Å²) in [4.78, 5) is 11.7. The number of carbonyl (C=O) groups excluding carboxylic acids is 1. The van der Waals surface area contributed by atoms with Crippen LogP contribution in [0, 0.1) is 0 Å². The molecule has 3 nitrogen and oxygen atoms in total. The molecule has 0 aliphatic rings. The molecule has 84 valence electrons. The fourth-order valence-electron chi connectivity index (χ4n) is 1.02. The van der Waals surface area contributed by atoms with Gasteiger partial charge in [-0.05, 0) is 40.3 Å². The first-order valence-corrected chi connectivity index (χ1v) is 5.80. The molecule has 0 bridgehead atoms. The number of halogens is 1. The maximum atomic E-state index is 11.7. The van der Waals surface area contributed by atoms with Crippen molar-refractivity contribution < 1.29 is 4.79 Å². The molecule has 5 heteroatoms. The highest BCUT2D eigenvalue weighted by atomic mass is 79.9. The molecule has 0 unspecified atom stereocenters. The fourth-order valence-corrected chi connectivity index (χ4v) is 1.67. The minimum Gasteiger partial charge on any atom is -0.359 e. The second-order valence-corrected chi connectivity index (χ2v) is 4.20. The Morgan fingerprint density at radius 3 is 2.81 bits per heavy atom. The molecule has 0 aliphatic carbocycles. The lowest BCUT2D eigenvalue weighted by Crippen LogP contribution is -2.39. The van der Waals surface area contributed by atoms with E-state index in [9.17, 15) is 4.79 Å². The van der Waals surface area contributed by atoms with E-state index in [4.69, 9.17) is 12.2 Å². The van der Waals surface area contributed by atoms with Crippen molar-refractivity contribution in [3.8, 4) is 0 Å². The van der Waals surface area contributed by atoms with Gasteiger partial charge < -0.3 is 5.32 Å². The summed E-state index contributed by atoms with van der Waals surface area (Å²) in [7, 11) is 0. The molecule has 0 saturated carbocycles. The van der Waals surface area contributed by atoms with Crippen LogP contribution in [0.15, 0.2) is 41.4 Å². The average molecular weight is 299 g/mol. The van der Waals surface area contributed by atoms with E-state index in [1.807, 2.05) is 6.07 Å². The molecule has 1 rings (SSSR count). The molecule has 0 aromatic heterocycles. The van der Waals surface area contributed by atoms with Gasteiger partial charge in [0.05, 0.1) is 5.56 Å². The Labute approximate surface area is 108 Å². The summed E-state index contributed by atoms with van der Waals surface area (Å²) < 4.78 is 0.735. The van der Waals surface area contributed by atoms with Crippen LogP contribution in [-0.4, -0.2) is 17.6 Å². The van der Waals surface area contributed by atoms with Crippen LogP contribution in [0.25, 0.3) is 0 Å². The topological polar surface area (TPSA) is 41.1 Å². The number of benzene rings is 1. The van der Waals surface area contributed by atoms with E-state index >= 15 is 0 Å². The Morgan fingerprint density at radius 1 is 1.50 bits per heavy atom. The van der Waals surface area contributed by atoms with Crippen molar-refractivity contribution in [1.29, 1.82) is 0 Å². The Bertz CT molecular complexity index is 420. The zero-order valence-corrected chi connectivity index (χ0v) is 10.9. The number of hydrogen-bond donors (Lipinski definition) is 2. The Kier molecular flexibility index (Phi) is 5.14. The van der Waals surface area contributed by atoms with E-state index in [0.717, 1.165) is 4.47 Å². The molecule has 1 aromatic rings. The summed E-state index contributed by atoms with van der Waals surface area (Å²) in [5, 5.41) is 5.69. The van der Waals surface area contributed by atoms with Crippen molar-refractivity contribution in [2.24, 2.45) is 0 Å². The maximum absolute atomic E-state index is 11.7. The van der Waals surface area contributed by atoms with E-state index in [-0.39, 0.29) is 5.91 Å². The normalized spacial score (nSPS) is 9.31. The van der Waals surface area contributed by atoms with Crippen LogP contribution < -0.4 is 10.6 Å². The smallest absolute Gasteiger partial charge is 0.258 e. The zero-order valence-electron chi connectivity index (χ0n) is 8.50. The minimum atomic E-state index is -0.242. The molecule has 0 spiro atoms. The number of amides is 1. The van der Waals surface area contributed by atoms with Gasteiger partial charge in [-0.2, -0.15) is 0 Å². The van der Waals surface area contributed by atoms with Crippen LogP contribution in [0.3, 0.4) is 0 Å². The van der Waals surface area contributed by atoms with Gasteiger partial charge in [-0.15, -0.1) is 6.58 Å². The van der Waals surface area contributed by atoms with Crippen molar-refractivity contribution in [2.75, 3.05) is 6.54 Å². The second kappa shape index (κ2) is 6.40. The van der Waals surface area contributed by atoms with Crippen LogP contribution in [0.4, 0.5) is 0 Å². The Hall–Kier alpha value is -1.20. The van der Waals surface area contributed by atoms with Crippen LogP contribution in [0.1, 0.15) is 10.4 Å². The number of rotatable bonds is 3. The fraction of sp³-hybridized carbons (Fsp3) is 0.0909. The highest BCUT2D eigenvalue weighted by molar-refractivity contribution is 9.10. The molecule has 0 aliphatic heterocycles. The third-order valence-electron chi connectivity index (χ3n) is 1.75. The highest BCUT2D eigenvalue weighted by Crippen LogP contribution is 2.15. The van der Waals surface area contributed by atoms with Crippen LogP contribution in [-0.2, 0) is 0 Å². The minimum absolute atomic E-state index is 0.242. The first-order valence-electron chi connectivity index (χ1n) is 4.59. The van der Waals surface area contributed by atoms with E-state index in [1.165, 1.54) is 0 Å². The quantitative estimate of drug-likeness (QED) is 0.664. The molecule has 1 aromatic carbocycles. The molecular formula is C11H11BrN2OS. The zero-order chi connectivity index (χ0) is 12.0. The van der Waals surface area contributed by atoms with Gasteiger partial charge >= 0.3 is 0 Å². The summed E-state index contributed by atoms with van der Waals surface area (Å²) in [5.74, 6) is -0.242. The van der Waals surface area contributed by atoms with Gasteiger partial charge in [-0.3, -0.25) is 10.1 Å². The first kappa shape index (κ1) is 12.9. The van der Waals surface area contributed by atoms with E-state index in [0.29, 0.717) is 17.2 Å². The third-order valence-corrected chi connectivity index (χ3v) is 2.69. The van der Waals surface area contributed by atoms with Gasteiger partial charge in [-0.1, -0.05) is 18.2 Å². The SMILES string of the molecule is C=CCNC(=S)NC(=O)c1ccccc1Br. The Balaban J connectivity index is 2.62. The van der Waals surface area contributed by atoms with Gasteiger partial charge in [-0.25, -0.2) is 0 Å². The van der Waals surface area contributed by atoms with Crippen LogP contribution >= 0.6 is 28.1 Å². The Morgan fingerprint density at radius 2 is 2.19 bits per heavy atom. The lowest BCUT2D eigenvalue weighted by atomic mass is 10.2. The van der Waals surface area contributed by atoms with Crippen molar-refractivity contribution in [2.45, 2.75) is 0 Å². The third kappa shape index (κ3) is 3.75. The number of thiocarbonyl (C=S) groups is 1. The summed E-state index contributed by atoms with van der Waals surface area (Å²) in [6.07, 6.45) is 1.66. The molecule has 0 atom stereocenters. The van der Waals surface area contributed by atoms with Crippen molar-refractivity contribution >= 4 is 39.2 Å². The van der Waals surface area contributed by atoms with Crippen LogP contribution in [0.5, 0.6) is 0 Å². The monoisotopic (exact) mass is 298 g/mol. The van der Waals surface area contributed by atoms with Crippen molar-refractivity contribution in [3.05, 3.63) is 47.0 Å². The lowest BCUT2D eigenvalue weighted by Gasteiger charge is -2.08. The predicted octanol–water partition coefficient (Wildman–Crippen LogP) is 2.24. The molecule has 1 amide bonds. The van der Waals surface area contributed by atoms with E-state index in [2.05, 4.69) is 33.1 Å². The highest BCUT2D eigenvalue weighted by Gasteiger charge is 2.09. The van der Waals surface area contributed by atoms with Crippen molar-refractivity contribution in [1.82, 2.24) is 10.6 Å². The summed E-state index contributed by atoms with van der Waals surface area (Å²) in [5.41, 5.74) is 0.547. The molecule has 2 N–H and O–H groups in total. The van der Waals surface area contributed by atoms with Gasteiger partial charge in [0.25, 0.3) is 5.91 Å². The van der Waals surface area contributed by atoms with Crippen LogP contribution in [0.2, 0.25) is 0 Å². The average Bonchev–Trinajstić information content (AvgIpc) is 2.26. The van der Waals surface area contributed by atoms with Gasteiger partial charge in [0.2, 0.25) is 0 Å². The summed E-state index contributed by atoms with van der Waals surface area (Å²) in [6, 6.07) is 7.15. The largest absolute Gasteiger partial charge is 0.359 e. The predicted molar refractivity (Wildman–Crippen MR) is 72.4 cm³/mol. The molecular weight excluding hydrogens is 288 g/mol. The van der Waals surface area contributed by atoms with Gasteiger partial charge in [0.1, 0.15) is 0 Å². The first-order chi connectivity index (χ1) is 7.65. The van der Waals surface area contributed by atoms with Crippen molar-refractivity contribution in [3.63, 3.8) is 0 Å². The standard InChI is InChI=1S/C11H11BrN2OS/c1-2-7-13-11(16)14-10(15)8-5-3-4-6-9(8)12/h2-6H,1,7H2,(H2,13,14,15,16). The van der Waals surface area contributed by atoms with Gasteiger partial charge in [0, 0.05) is 11.0 Å². The molecule has 0 saturated heterocycles. The molecule has 0 fully saturated rings. The summed E-state index contributed by atoms with van der Waals surface area (Å²) >= 11 is 8.23. The molecule has 0 radical (unpaired) electrons. The number of hydrogen-bond acceptors (Lipinski definition) is 2. The number of nitrogens with one attached hydrogen (secondary N) is 2. The molecule has 16 heavy (non-hydrogen) atoms. The lowest BCUT2D eigenvalue weighted by molar-refractivity contribution is 0.0976. The number of carbonyl (C=O) groups is 1. The maximum Gasteiger partial charge on any atom is 0.258 e. The molecule has 0 heterocycles. The van der Waals surface area contributed by atoms with Gasteiger partial charge in [0.15, 0.2) is 5.11 Å². The van der Waals surface area contributed by atoms with E-state index < -0.39 is 0 Å². The van der Waals surface area contributed by atoms with E-state index in [1.54, 1.807) is 24.3 Å². The summed E-state index contributed by atoms with van der Waals surface area (Å²) in [6.45, 7) is 4.06.